The molecule has 2 rings (SSSR count). The van der Waals surface area contributed by atoms with Crippen molar-refractivity contribution in [1.82, 2.24) is 9.78 Å². The number of hydrogen-bond donors (Lipinski definition) is 1. The van der Waals surface area contributed by atoms with E-state index >= 15 is 0 Å². The maximum atomic E-state index is 11.1. The number of nitrogens with zero attached hydrogens (tertiary/aromatic N) is 2. The zero-order valence-electron chi connectivity index (χ0n) is 9.27. The van der Waals surface area contributed by atoms with Gasteiger partial charge in [-0.2, -0.15) is 5.10 Å². The van der Waals surface area contributed by atoms with Gasteiger partial charge in [0.05, 0.1) is 16.9 Å². The van der Waals surface area contributed by atoms with Gasteiger partial charge in [0, 0.05) is 6.20 Å². The van der Waals surface area contributed by atoms with Crippen LogP contribution in [0.25, 0.3) is 5.69 Å². The van der Waals surface area contributed by atoms with E-state index in [0.717, 1.165) is 11.3 Å². The number of nitrogens with two attached hydrogens (primary N) is 1. The minimum absolute atomic E-state index is 0.447. The normalized spacial score (nSPS) is 10.4. The van der Waals surface area contributed by atoms with E-state index in [-0.39, 0.29) is 0 Å². The molecule has 4 nitrogen and oxygen atoms in total. The Hall–Kier alpha value is -2.10. The Morgan fingerprint density at radius 3 is 2.56 bits per heavy atom. The molecule has 0 fully saturated rings. The first-order valence-corrected chi connectivity index (χ1v) is 5.01. The lowest BCUT2D eigenvalue weighted by atomic mass is 10.2. The van der Waals surface area contributed by atoms with Crippen LogP contribution in [0.4, 0.5) is 0 Å². The lowest BCUT2D eigenvalue weighted by Crippen LogP contribution is -2.11. The van der Waals surface area contributed by atoms with E-state index in [1.165, 1.54) is 0 Å². The highest BCUT2D eigenvalue weighted by molar-refractivity contribution is 5.93. The summed E-state index contributed by atoms with van der Waals surface area (Å²) in [6, 6.07) is 7.84. The fourth-order valence-corrected chi connectivity index (χ4v) is 1.65. The van der Waals surface area contributed by atoms with E-state index in [9.17, 15) is 4.79 Å². The van der Waals surface area contributed by atoms with Crippen LogP contribution >= 0.6 is 0 Å². The van der Waals surface area contributed by atoms with Crippen LogP contribution in [0, 0.1) is 13.8 Å². The fraction of sp³-hybridized carbons (Fsp3) is 0.167. The fourth-order valence-electron chi connectivity index (χ4n) is 1.65. The molecule has 1 amide bonds. The molecule has 1 aromatic heterocycles. The van der Waals surface area contributed by atoms with Crippen molar-refractivity contribution in [3.05, 3.63) is 47.3 Å². The third-order valence-corrected chi connectivity index (χ3v) is 2.53. The summed E-state index contributed by atoms with van der Waals surface area (Å²) in [6.45, 7) is 3.77. The molecule has 0 spiro atoms. The van der Waals surface area contributed by atoms with Gasteiger partial charge in [0.25, 0.3) is 5.91 Å². The Kier molecular flexibility index (Phi) is 2.48. The molecule has 0 bridgehead atoms. The maximum absolute atomic E-state index is 11.1. The first-order chi connectivity index (χ1) is 7.59. The van der Waals surface area contributed by atoms with Crippen LogP contribution in [0.2, 0.25) is 0 Å². The third kappa shape index (κ3) is 1.69. The first-order valence-electron chi connectivity index (χ1n) is 5.01. The topological polar surface area (TPSA) is 60.9 Å². The Labute approximate surface area is 93.7 Å². The Morgan fingerprint density at radius 2 is 2.00 bits per heavy atom. The minimum atomic E-state index is -0.447. The standard InChI is InChI=1S/C12H13N3O/c1-8-5-3-4-6-11(8)15-7-10(12(13)16)9(2)14-15/h3-7H,1-2H3,(H2,13,16). The van der Waals surface area contributed by atoms with E-state index in [4.69, 9.17) is 5.73 Å². The number of rotatable bonds is 2. The molecule has 4 heteroatoms. The van der Waals surface area contributed by atoms with Crippen LogP contribution in [0.5, 0.6) is 0 Å². The molecule has 0 aliphatic carbocycles. The summed E-state index contributed by atoms with van der Waals surface area (Å²) in [4.78, 5) is 11.1. The highest BCUT2D eigenvalue weighted by Gasteiger charge is 2.11. The predicted octanol–water partition coefficient (Wildman–Crippen LogP) is 1.59. The molecule has 82 valence electrons. The molecule has 0 aliphatic rings. The highest BCUT2D eigenvalue weighted by atomic mass is 16.1. The molecule has 0 saturated heterocycles. The van der Waals surface area contributed by atoms with Crippen molar-refractivity contribution < 1.29 is 4.79 Å². The molecule has 2 N–H and O–H groups in total. The Morgan fingerprint density at radius 1 is 1.31 bits per heavy atom. The largest absolute Gasteiger partial charge is 0.365 e. The summed E-state index contributed by atoms with van der Waals surface area (Å²) in [5.74, 6) is -0.447. The molecule has 2 aromatic rings. The number of aryl methyl sites for hydroxylation is 2. The second-order valence-corrected chi connectivity index (χ2v) is 3.72. The van der Waals surface area contributed by atoms with Crippen LogP contribution in [-0.4, -0.2) is 15.7 Å². The third-order valence-electron chi connectivity index (χ3n) is 2.53. The molecule has 0 aliphatic heterocycles. The molecule has 0 unspecified atom stereocenters. The zero-order valence-corrected chi connectivity index (χ0v) is 9.27. The van der Waals surface area contributed by atoms with Gasteiger partial charge < -0.3 is 5.73 Å². The minimum Gasteiger partial charge on any atom is -0.365 e. The lowest BCUT2D eigenvalue weighted by molar-refractivity contribution is 0.0999. The summed E-state index contributed by atoms with van der Waals surface area (Å²) >= 11 is 0. The quantitative estimate of drug-likeness (QED) is 0.826. The van der Waals surface area contributed by atoms with E-state index in [0.29, 0.717) is 11.3 Å². The number of amides is 1. The number of carbonyl (C=O) groups is 1. The zero-order chi connectivity index (χ0) is 11.7. The second kappa shape index (κ2) is 3.81. The SMILES string of the molecule is Cc1ccccc1-n1cc(C(N)=O)c(C)n1. The first kappa shape index (κ1) is 10.4. The average molecular weight is 215 g/mol. The summed E-state index contributed by atoms with van der Waals surface area (Å²) in [5.41, 5.74) is 8.42. The molecular weight excluding hydrogens is 202 g/mol. The van der Waals surface area contributed by atoms with Gasteiger partial charge in [0.1, 0.15) is 0 Å². The van der Waals surface area contributed by atoms with Crippen molar-refractivity contribution in [1.29, 1.82) is 0 Å². The Balaban J connectivity index is 2.54. The van der Waals surface area contributed by atoms with E-state index < -0.39 is 5.91 Å². The van der Waals surface area contributed by atoms with Crippen molar-refractivity contribution in [2.24, 2.45) is 5.73 Å². The lowest BCUT2D eigenvalue weighted by Gasteiger charge is -2.04. The van der Waals surface area contributed by atoms with Crippen LogP contribution in [0.15, 0.2) is 30.5 Å². The summed E-state index contributed by atoms with van der Waals surface area (Å²) in [6.07, 6.45) is 1.67. The van der Waals surface area contributed by atoms with Crippen molar-refractivity contribution in [3.8, 4) is 5.69 Å². The van der Waals surface area contributed by atoms with Gasteiger partial charge in [-0.15, -0.1) is 0 Å². The van der Waals surface area contributed by atoms with Gasteiger partial charge in [-0.25, -0.2) is 4.68 Å². The van der Waals surface area contributed by atoms with Crippen LogP contribution < -0.4 is 5.73 Å². The van der Waals surface area contributed by atoms with Gasteiger partial charge in [0.2, 0.25) is 0 Å². The number of carbonyl (C=O) groups excluding carboxylic acids is 1. The van der Waals surface area contributed by atoms with Crippen LogP contribution in [0.3, 0.4) is 0 Å². The van der Waals surface area contributed by atoms with Gasteiger partial charge in [0.15, 0.2) is 0 Å². The van der Waals surface area contributed by atoms with Crippen molar-refractivity contribution >= 4 is 5.91 Å². The maximum Gasteiger partial charge on any atom is 0.252 e. The van der Waals surface area contributed by atoms with Gasteiger partial charge in [-0.3, -0.25) is 4.79 Å². The van der Waals surface area contributed by atoms with E-state index in [2.05, 4.69) is 5.10 Å². The second-order valence-electron chi connectivity index (χ2n) is 3.72. The van der Waals surface area contributed by atoms with Crippen molar-refractivity contribution in [2.45, 2.75) is 13.8 Å². The Bertz CT molecular complexity index is 543. The molecule has 0 radical (unpaired) electrons. The molecule has 0 atom stereocenters. The van der Waals surface area contributed by atoms with Crippen LogP contribution in [-0.2, 0) is 0 Å². The van der Waals surface area contributed by atoms with Crippen molar-refractivity contribution in [3.63, 3.8) is 0 Å². The monoisotopic (exact) mass is 215 g/mol. The van der Waals surface area contributed by atoms with E-state index in [1.807, 2.05) is 31.2 Å². The van der Waals surface area contributed by atoms with Crippen LogP contribution in [0.1, 0.15) is 21.6 Å². The number of aromatic nitrogens is 2. The summed E-state index contributed by atoms with van der Waals surface area (Å²) < 4.78 is 1.69. The molecule has 0 saturated carbocycles. The number of benzene rings is 1. The smallest absolute Gasteiger partial charge is 0.252 e. The molecular formula is C12H13N3O. The molecule has 1 heterocycles. The van der Waals surface area contributed by atoms with Gasteiger partial charge in [-0.05, 0) is 25.5 Å². The van der Waals surface area contributed by atoms with Crippen molar-refractivity contribution in [2.75, 3.05) is 0 Å². The molecule has 16 heavy (non-hydrogen) atoms. The van der Waals surface area contributed by atoms with Gasteiger partial charge >= 0.3 is 0 Å². The summed E-state index contributed by atoms with van der Waals surface area (Å²) in [7, 11) is 0. The van der Waals surface area contributed by atoms with E-state index in [1.54, 1.807) is 17.8 Å². The number of hydrogen-bond acceptors (Lipinski definition) is 2. The summed E-state index contributed by atoms with van der Waals surface area (Å²) in [5, 5.41) is 4.28. The molecule has 1 aromatic carbocycles. The predicted molar refractivity (Wildman–Crippen MR) is 61.6 cm³/mol. The average Bonchev–Trinajstić information content (AvgIpc) is 2.61. The number of para-hydroxylation sites is 1. The highest BCUT2D eigenvalue weighted by Crippen LogP contribution is 2.15. The van der Waals surface area contributed by atoms with Gasteiger partial charge in [-0.1, -0.05) is 18.2 Å². The number of primary amides is 1.